The second kappa shape index (κ2) is 7.91. The highest BCUT2D eigenvalue weighted by Gasteiger charge is 2.14. The highest BCUT2D eigenvalue weighted by Crippen LogP contribution is 2.07. The smallest absolute Gasteiger partial charge is 0.430 e. The van der Waals surface area contributed by atoms with Gasteiger partial charge in [-0.05, 0) is 12.0 Å². The first-order valence-electron chi connectivity index (χ1n) is 5.64. The van der Waals surface area contributed by atoms with Crippen LogP contribution < -0.4 is 0 Å². The van der Waals surface area contributed by atoms with Crippen molar-refractivity contribution in [1.82, 2.24) is 0 Å². The van der Waals surface area contributed by atoms with Gasteiger partial charge < -0.3 is 9.47 Å². The summed E-state index contributed by atoms with van der Waals surface area (Å²) in [6.45, 7) is 3.49. The second-order valence-corrected chi connectivity index (χ2v) is 3.61. The lowest BCUT2D eigenvalue weighted by Crippen LogP contribution is -2.18. The molecule has 0 amide bonds. The maximum Gasteiger partial charge on any atom is 0.509 e. The van der Waals surface area contributed by atoms with E-state index in [0.717, 1.165) is 5.56 Å². The molecule has 1 aromatic rings. The van der Waals surface area contributed by atoms with Gasteiger partial charge in [-0.2, -0.15) is 5.26 Å². The maximum absolute atomic E-state index is 11.1. The number of aryl methyl sites for hydroxylation is 1. The lowest BCUT2D eigenvalue weighted by atomic mass is 10.1. The Balaban J connectivity index is 2.36. The lowest BCUT2D eigenvalue weighted by Gasteiger charge is -2.10. The normalized spacial score (nSPS) is 11.1. The topological polar surface area (TPSA) is 59.3 Å². The van der Waals surface area contributed by atoms with E-state index in [9.17, 15) is 4.79 Å². The van der Waals surface area contributed by atoms with Gasteiger partial charge in [0.1, 0.15) is 12.7 Å². The van der Waals surface area contributed by atoms with E-state index in [-0.39, 0.29) is 6.61 Å². The molecule has 0 aliphatic carbocycles. The molecule has 0 N–H and O–H groups in total. The Bertz CT molecular complexity index is 422. The van der Waals surface area contributed by atoms with Crippen molar-refractivity contribution in [3.63, 3.8) is 0 Å². The van der Waals surface area contributed by atoms with Crippen molar-refractivity contribution < 1.29 is 14.3 Å². The zero-order chi connectivity index (χ0) is 13.2. The fraction of sp³-hybridized carbons (Fsp3) is 0.286. The first kappa shape index (κ1) is 13.8. The molecule has 94 valence electrons. The van der Waals surface area contributed by atoms with Crippen LogP contribution in [0, 0.1) is 11.3 Å². The number of hydrogen-bond acceptors (Lipinski definition) is 4. The summed E-state index contributed by atoms with van der Waals surface area (Å²) in [4.78, 5) is 11.1. The minimum Gasteiger partial charge on any atom is -0.430 e. The molecule has 0 saturated carbocycles. The monoisotopic (exact) mass is 245 g/mol. The predicted octanol–water partition coefficient (Wildman–Crippen LogP) is 2.85. The Morgan fingerprint density at radius 1 is 1.44 bits per heavy atom. The molecule has 0 aliphatic rings. The van der Waals surface area contributed by atoms with Gasteiger partial charge in [0.25, 0.3) is 0 Å². The number of rotatable bonds is 6. The van der Waals surface area contributed by atoms with Crippen molar-refractivity contribution in [3.05, 3.63) is 48.6 Å². The average molecular weight is 245 g/mol. The molecule has 1 aromatic carbocycles. The summed E-state index contributed by atoms with van der Waals surface area (Å²) in [5.74, 6) is 0. The summed E-state index contributed by atoms with van der Waals surface area (Å²) in [6, 6.07) is 11.6. The first-order chi connectivity index (χ1) is 8.76. The van der Waals surface area contributed by atoms with Crippen LogP contribution in [-0.2, 0) is 15.9 Å². The van der Waals surface area contributed by atoms with Gasteiger partial charge in [-0.25, -0.2) is 4.79 Å². The van der Waals surface area contributed by atoms with Crippen molar-refractivity contribution >= 4 is 6.16 Å². The fourth-order valence-corrected chi connectivity index (χ4v) is 1.37. The number of nitrogens with zero attached hydrogens (tertiary/aromatic N) is 1. The van der Waals surface area contributed by atoms with E-state index >= 15 is 0 Å². The molecule has 0 aromatic heterocycles. The molecular formula is C14H15NO3. The summed E-state index contributed by atoms with van der Waals surface area (Å²) in [7, 11) is 0. The van der Waals surface area contributed by atoms with Crippen LogP contribution in [0.3, 0.4) is 0 Å². The van der Waals surface area contributed by atoms with Crippen LogP contribution in [0.15, 0.2) is 43.0 Å². The summed E-state index contributed by atoms with van der Waals surface area (Å²) in [5, 5.41) is 8.88. The van der Waals surface area contributed by atoms with Gasteiger partial charge >= 0.3 is 6.16 Å². The molecule has 1 unspecified atom stereocenters. The number of benzene rings is 1. The van der Waals surface area contributed by atoms with Gasteiger partial charge in [0, 0.05) is 6.42 Å². The molecule has 0 aliphatic heterocycles. The van der Waals surface area contributed by atoms with Crippen molar-refractivity contribution in [1.29, 1.82) is 5.26 Å². The molecule has 0 bridgehead atoms. The van der Waals surface area contributed by atoms with E-state index in [1.807, 2.05) is 36.4 Å². The molecular weight excluding hydrogens is 230 g/mol. The van der Waals surface area contributed by atoms with Crippen molar-refractivity contribution in [2.75, 3.05) is 6.61 Å². The lowest BCUT2D eigenvalue weighted by molar-refractivity contribution is 0.0441. The quantitative estimate of drug-likeness (QED) is 0.571. The van der Waals surface area contributed by atoms with Crippen LogP contribution in [0.1, 0.15) is 12.0 Å². The third-order valence-corrected chi connectivity index (χ3v) is 2.24. The summed E-state index contributed by atoms with van der Waals surface area (Å²) < 4.78 is 9.50. The zero-order valence-electron chi connectivity index (χ0n) is 10.0. The highest BCUT2D eigenvalue weighted by molar-refractivity contribution is 5.60. The molecule has 4 heteroatoms. The Morgan fingerprint density at radius 2 is 2.17 bits per heavy atom. The van der Waals surface area contributed by atoms with Gasteiger partial charge in [0.05, 0.1) is 0 Å². The van der Waals surface area contributed by atoms with E-state index in [2.05, 4.69) is 11.3 Å². The standard InChI is InChI=1S/C14H15NO3/c1-2-10-17-14(16)18-13(11-15)9-8-12-6-4-3-5-7-12/h2-7,13H,1,8-10H2. The molecule has 1 atom stereocenters. The molecule has 0 saturated heterocycles. The molecule has 0 fully saturated rings. The van der Waals surface area contributed by atoms with Crippen molar-refractivity contribution in [2.24, 2.45) is 0 Å². The predicted molar refractivity (Wildman–Crippen MR) is 66.8 cm³/mol. The van der Waals surface area contributed by atoms with Crippen LogP contribution in [0.2, 0.25) is 0 Å². The van der Waals surface area contributed by atoms with E-state index in [1.54, 1.807) is 0 Å². The molecule has 4 nitrogen and oxygen atoms in total. The number of carbonyl (C=O) groups is 1. The fourth-order valence-electron chi connectivity index (χ4n) is 1.37. The van der Waals surface area contributed by atoms with E-state index in [1.165, 1.54) is 6.08 Å². The van der Waals surface area contributed by atoms with Crippen LogP contribution in [0.4, 0.5) is 4.79 Å². The first-order valence-corrected chi connectivity index (χ1v) is 5.64. The van der Waals surface area contributed by atoms with Crippen LogP contribution in [0.25, 0.3) is 0 Å². The SMILES string of the molecule is C=CCOC(=O)OC(C#N)CCc1ccccc1. The number of nitriles is 1. The molecule has 18 heavy (non-hydrogen) atoms. The Kier molecular flexibility index (Phi) is 6.05. The van der Waals surface area contributed by atoms with Gasteiger partial charge in [-0.3, -0.25) is 0 Å². The minimum absolute atomic E-state index is 0.0790. The number of ether oxygens (including phenoxy) is 2. The summed E-state index contributed by atoms with van der Waals surface area (Å²) >= 11 is 0. The van der Waals surface area contributed by atoms with Gasteiger partial charge in [-0.1, -0.05) is 43.0 Å². The van der Waals surface area contributed by atoms with Gasteiger partial charge in [0.2, 0.25) is 0 Å². The average Bonchev–Trinajstić information content (AvgIpc) is 2.42. The Labute approximate surface area is 106 Å². The molecule has 0 heterocycles. The summed E-state index contributed by atoms with van der Waals surface area (Å²) in [6.07, 6.45) is 0.932. The second-order valence-electron chi connectivity index (χ2n) is 3.61. The zero-order valence-corrected chi connectivity index (χ0v) is 10.0. The summed E-state index contributed by atoms with van der Waals surface area (Å²) in [5.41, 5.74) is 1.10. The molecule has 1 rings (SSSR count). The van der Waals surface area contributed by atoms with E-state index in [4.69, 9.17) is 10.00 Å². The van der Waals surface area contributed by atoms with Crippen molar-refractivity contribution in [3.8, 4) is 6.07 Å². The molecule has 0 radical (unpaired) electrons. The maximum atomic E-state index is 11.1. The Morgan fingerprint density at radius 3 is 2.78 bits per heavy atom. The van der Waals surface area contributed by atoms with Crippen LogP contribution in [0.5, 0.6) is 0 Å². The largest absolute Gasteiger partial charge is 0.509 e. The number of carbonyl (C=O) groups excluding carboxylic acids is 1. The van der Waals surface area contributed by atoms with Crippen LogP contribution >= 0.6 is 0 Å². The van der Waals surface area contributed by atoms with Gasteiger partial charge in [0.15, 0.2) is 6.10 Å². The van der Waals surface area contributed by atoms with E-state index in [0.29, 0.717) is 12.8 Å². The van der Waals surface area contributed by atoms with Gasteiger partial charge in [-0.15, -0.1) is 0 Å². The highest BCUT2D eigenvalue weighted by atomic mass is 16.7. The minimum atomic E-state index is -0.838. The van der Waals surface area contributed by atoms with E-state index < -0.39 is 12.3 Å². The van der Waals surface area contributed by atoms with Crippen molar-refractivity contribution in [2.45, 2.75) is 18.9 Å². The molecule has 0 spiro atoms. The number of hydrogen-bond donors (Lipinski definition) is 0. The third kappa shape index (κ3) is 5.17. The van der Waals surface area contributed by atoms with Crippen LogP contribution in [-0.4, -0.2) is 18.9 Å². The Hall–Kier alpha value is -2.28. The third-order valence-electron chi connectivity index (χ3n) is 2.24.